The van der Waals surface area contributed by atoms with Crippen molar-refractivity contribution in [2.24, 2.45) is 5.84 Å². The number of hydrogen-bond donors (Lipinski definition) is 2. The van der Waals surface area contributed by atoms with Crippen LogP contribution in [0.2, 0.25) is 5.02 Å². The zero-order chi connectivity index (χ0) is 15.2. The summed E-state index contributed by atoms with van der Waals surface area (Å²) in [5.74, 6) is 7.08. The van der Waals surface area contributed by atoms with E-state index in [9.17, 15) is 0 Å². The number of hydrogen-bond acceptors (Lipinski definition) is 4. The fourth-order valence-corrected chi connectivity index (χ4v) is 2.32. The highest BCUT2D eigenvalue weighted by Gasteiger charge is 2.13. The Bertz CT molecular complexity index is 587. The first-order valence-corrected chi connectivity index (χ1v) is 6.98. The van der Waals surface area contributed by atoms with Crippen molar-refractivity contribution >= 4 is 11.6 Å². The van der Waals surface area contributed by atoms with E-state index in [4.69, 9.17) is 26.9 Å². The van der Waals surface area contributed by atoms with E-state index < -0.39 is 0 Å². The Morgan fingerprint density at radius 1 is 1.05 bits per heavy atom. The third-order valence-electron chi connectivity index (χ3n) is 3.36. The number of halogens is 1. The Balaban J connectivity index is 2.22. The maximum atomic E-state index is 5.90. The summed E-state index contributed by atoms with van der Waals surface area (Å²) in [6, 6.07) is 13.5. The summed E-state index contributed by atoms with van der Waals surface area (Å²) < 4.78 is 10.6. The molecule has 2 aromatic rings. The van der Waals surface area contributed by atoms with E-state index in [0.717, 1.165) is 22.6 Å². The predicted molar refractivity (Wildman–Crippen MR) is 84.8 cm³/mol. The molecule has 4 nitrogen and oxygen atoms in total. The molecule has 1 atom stereocenters. The number of rotatable bonds is 6. The zero-order valence-corrected chi connectivity index (χ0v) is 12.9. The van der Waals surface area contributed by atoms with Gasteiger partial charge in [0.05, 0.1) is 20.3 Å². The standard InChI is InChI=1S/C16H19ClN2O2/c1-20-15-8-5-12(10-16(15)21-2)14(19-18)9-11-3-6-13(17)7-4-11/h3-8,10,14,19H,9,18H2,1-2H3. The van der Waals surface area contributed by atoms with E-state index in [1.54, 1.807) is 14.2 Å². The highest BCUT2D eigenvalue weighted by Crippen LogP contribution is 2.30. The van der Waals surface area contributed by atoms with Crippen LogP contribution in [0, 0.1) is 0 Å². The van der Waals surface area contributed by atoms with Crippen molar-refractivity contribution in [3.8, 4) is 11.5 Å². The largest absolute Gasteiger partial charge is 0.493 e. The molecule has 0 heterocycles. The van der Waals surface area contributed by atoms with E-state index in [2.05, 4.69) is 5.43 Å². The van der Waals surface area contributed by atoms with Gasteiger partial charge in [0.1, 0.15) is 0 Å². The van der Waals surface area contributed by atoms with Crippen LogP contribution in [0.4, 0.5) is 0 Å². The van der Waals surface area contributed by atoms with Gasteiger partial charge in [-0.3, -0.25) is 11.3 Å². The Hall–Kier alpha value is -1.75. The minimum Gasteiger partial charge on any atom is -0.493 e. The van der Waals surface area contributed by atoms with Gasteiger partial charge in [0, 0.05) is 5.02 Å². The molecule has 0 saturated carbocycles. The van der Waals surface area contributed by atoms with Crippen LogP contribution in [-0.2, 0) is 6.42 Å². The molecule has 0 saturated heterocycles. The van der Waals surface area contributed by atoms with Crippen LogP contribution in [-0.4, -0.2) is 14.2 Å². The van der Waals surface area contributed by atoms with Crippen LogP contribution < -0.4 is 20.7 Å². The maximum Gasteiger partial charge on any atom is 0.161 e. The summed E-state index contributed by atoms with van der Waals surface area (Å²) >= 11 is 5.90. The number of nitrogens with two attached hydrogens (primary N) is 1. The van der Waals surface area contributed by atoms with Gasteiger partial charge in [0.2, 0.25) is 0 Å². The molecule has 0 bridgehead atoms. The average molecular weight is 307 g/mol. The second-order valence-electron chi connectivity index (χ2n) is 4.66. The summed E-state index contributed by atoms with van der Waals surface area (Å²) in [6.45, 7) is 0. The van der Waals surface area contributed by atoms with Crippen molar-refractivity contribution in [1.29, 1.82) is 0 Å². The van der Waals surface area contributed by atoms with Crippen molar-refractivity contribution < 1.29 is 9.47 Å². The van der Waals surface area contributed by atoms with E-state index in [-0.39, 0.29) is 6.04 Å². The van der Waals surface area contributed by atoms with Crippen LogP contribution >= 0.6 is 11.6 Å². The van der Waals surface area contributed by atoms with Gasteiger partial charge < -0.3 is 9.47 Å². The molecule has 0 aliphatic heterocycles. The van der Waals surface area contributed by atoms with Crippen LogP contribution in [0.15, 0.2) is 42.5 Å². The van der Waals surface area contributed by atoms with Gasteiger partial charge in [-0.15, -0.1) is 0 Å². The first kappa shape index (κ1) is 15.6. The Labute approximate surface area is 129 Å². The fourth-order valence-electron chi connectivity index (χ4n) is 2.20. The fraction of sp³-hybridized carbons (Fsp3) is 0.250. The molecular formula is C16H19ClN2O2. The average Bonchev–Trinajstić information content (AvgIpc) is 2.53. The molecule has 0 spiro atoms. The molecule has 3 N–H and O–H groups in total. The van der Waals surface area contributed by atoms with Gasteiger partial charge in [-0.05, 0) is 41.8 Å². The van der Waals surface area contributed by atoms with Gasteiger partial charge >= 0.3 is 0 Å². The minimum absolute atomic E-state index is 0.0222. The monoisotopic (exact) mass is 306 g/mol. The van der Waals surface area contributed by atoms with E-state index >= 15 is 0 Å². The van der Waals surface area contributed by atoms with Crippen LogP contribution in [0.5, 0.6) is 11.5 Å². The van der Waals surface area contributed by atoms with Crippen molar-refractivity contribution in [2.75, 3.05) is 14.2 Å². The molecule has 0 aliphatic carbocycles. The second kappa shape index (κ2) is 7.31. The first-order chi connectivity index (χ1) is 10.2. The molecule has 5 heteroatoms. The molecule has 0 aromatic heterocycles. The third kappa shape index (κ3) is 3.88. The molecule has 21 heavy (non-hydrogen) atoms. The predicted octanol–water partition coefficient (Wildman–Crippen LogP) is 3.10. The lowest BCUT2D eigenvalue weighted by Crippen LogP contribution is -2.29. The van der Waals surface area contributed by atoms with Gasteiger partial charge in [-0.2, -0.15) is 0 Å². The van der Waals surface area contributed by atoms with Gasteiger partial charge in [0.15, 0.2) is 11.5 Å². The minimum atomic E-state index is -0.0222. The molecule has 2 aromatic carbocycles. The molecular weight excluding hydrogens is 288 g/mol. The highest BCUT2D eigenvalue weighted by atomic mass is 35.5. The smallest absolute Gasteiger partial charge is 0.161 e. The van der Waals surface area contributed by atoms with Crippen LogP contribution in [0.3, 0.4) is 0 Å². The first-order valence-electron chi connectivity index (χ1n) is 6.60. The third-order valence-corrected chi connectivity index (χ3v) is 3.62. The van der Waals surface area contributed by atoms with E-state index in [1.165, 1.54) is 0 Å². The number of nitrogens with one attached hydrogen (secondary N) is 1. The quantitative estimate of drug-likeness (QED) is 0.636. The van der Waals surface area contributed by atoms with Gasteiger partial charge in [-0.25, -0.2) is 0 Å². The number of methoxy groups -OCH3 is 2. The van der Waals surface area contributed by atoms with Crippen LogP contribution in [0.25, 0.3) is 0 Å². The molecule has 0 amide bonds. The highest BCUT2D eigenvalue weighted by molar-refractivity contribution is 6.30. The Kier molecular flexibility index (Phi) is 5.44. The Morgan fingerprint density at radius 2 is 1.71 bits per heavy atom. The van der Waals surface area contributed by atoms with Crippen molar-refractivity contribution in [1.82, 2.24) is 5.43 Å². The lowest BCUT2D eigenvalue weighted by atomic mass is 9.99. The number of benzene rings is 2. The topological polar surface area (TPSA) is 56.5 Å². The zero-order valence-electron chi connectivity index (χ0n) is 12.1. The second-order valence-corrected chi connectivity index (χ2v) is 5.10. The van der Waals surface area contributed by atoms with Crippen molar-refractivity contribution in [3.63, 3.8) is 0 Å². The lowest BCUT2D eigenvalue weighted by molar-refractivity contribution is 0.353. The normalized spacial score (nSPS) is 12.0. The molecule has 0 aliphatic rings. The number of hydrazine groups is 1. The summed E-state index contributed by atoms with van der Waals surface area (Å²) in [5.41, 5.74) is 5.02. The SMILES string of the molecule is COc1ccc(C(Cc2ccc(Cl)cc2)NN)cc1OC. The molecule has 0 radical (unpaired) electrons. The lowest BCUT2D eigenvalue weighted by Gasteiger charge is -2.18. The molecule has 2 rings (SSSR count). The Morgan fingerprint density at radius 3 is 2.29 bits per heavy atom. The number of ether oxygens (including phenoxy) is 2. The van der Waals surface area contributed by atoms with Gasteiger partial charge in [0.25, 0.3) is 0 Å². The molecule has 1 unspecified atom stereocenters. The van der Waals surface area contributed by atoms with E-state index in [1.807, 2.05) is 42.5 Å². The summed E-state index contributed by atoms with van der Waals surface area (Å²) in [4.78, 5) is 0. The summed E-state index contributed by atoms with van der Waals surface area (Å²) in [5, 5.41) is 0.724. The molecule has 0 fully saturated rings. The van der Waals surface area contributed by atoms with Crippen LogP contribution in [0.1, 0.15) is 17.2 Å². The van der Waals surface area contributed by atoms with Gasteiger partial charge in [-0.1, -0.05) is 29.8 Å². The van der Waals surface area contributed by atoms with Crippen molar-refractivity contribution in [2.45, 2.75) is 12.5 Å². The summed E-state index contributed by atoms with van der Waals surface area (Å²) in [7, 11) is 3.23. The van der Waals surface area contributed by atoms with Crippen molar-refractivity contribution in [3.05, 3.63) is 58.6 Å². The maximum absolute atomic E-state index is 5.90. The molecule has 112 valence electrons. The summed E-state index contributed by atoms with van der Waals surface area (Å²) in [6.07, 6.45) is 0.753. The van der Waals surface area contributed by atoms with E-state index in [0.29, 0.717) is 11.5 Å².